The first-order valence-corrected chi connectivity index (χ1v) is 40.5. The summed E-state index contributed by atoms with van der Waals surface area (Å²) in [5.41, 5.74) is 0. The Balaban J connectivity index is 3.88. The first-order valence-electron chi connectivity index (χ1n) is 39.1. The predicted octanol–water partition coefficient (Wildman–Crippen LogP) is 25.2. The average molecular weight is 1240 g/mol. The van der Waals surface area contributed by atoms with E-state index in [1.54, 1.807) is 0 Å². The van der Waals surface area contributed by atoms with Crippen LogP contribution in [0.25, 0.3) is 0 Å². The van der Waals surface area contributed by atoms with Gasteiger partial charge in [-0.25, -0.2) is 4.57 Å². The lowest BCUT2D eigenvalue weighted by molar-refractivity contribution is -0.870. The van der Waals surface area contributed by atoms with Gasteiger partial charge < -0.3 is 19.8 Å². The number of aliphatic hydroxyl groups is 1. The summed E-state index contributed by atoms with van der Waals surface area (Å²) in [6.07, 6.45) is 89.3. The molecule has 514 valence electrons. The van der Waals surface area contributed by atoms with Crippen LogP contribution in [0.3, 0.4) is 0 Å². The summed E-state index contributed by atoms with van der Waals surface area (Å²) < 4.78 is 23.9. The molecule has 0 saturated carbocycles. The molecular formula is C77H156N2O6P+. The van der Waals surface area contributed by atoms with Crippen molar-refractivity contribution in [3.05, 3.63) is 12.2 Å². The summed E-state index contributed by atoms with van der Waals surface area (Å²) in [6.45, 7) is 4.96. The number of carbonyl (C=O) groups excluding carboxylic acids is 1. The molecule has 0 spiro atoms. The van der Waals surface area contributed by atoms with Gasteiger partial charge in [0.15, 0.2) is 0 Å². The summed E-state index contributed by atoms with van der Waals surface area (Å²) in [4.78, 5) is 23.5. The zero-order valence-corrected chi connectivity index (χ0v) is 60.0. The highest BCUT2D eigenvalue weighted by atomic mass is 31.2. The van der Waals surface area contributed by atoms with E-state index in [2.05, 4.69) is 31.3 Å². The van der Waals surface area contributed by atoms with E-state index >= 15 is 0 Å². The van der Waals surface area contributed by atoms with Crippen LogP contribution in [0, 0.1) is 0 Å². The molecule has 86 heavy (non-hydrogen) atoms. The number of aliphatic hydroxyl groups excluding tert-OH is 1. The third-order valence-corrected chi connectivity index (χ3v) is 19.5. The highest BCUT2D eigenvalue weighted by Crippen LogP contribution is 2.43. The van der Waals surface area contributed by atoms with E-state index in [0.717, 1.165) is 38.5 Å². The summed E-state index contributed by atoms with van der Waals surface area (Å²) in [5.74, 6) is -0.133. The largest absolute Gasteiger partial charge is 0.472 e. The molecule has 0 aromatic heterocycles. The van der Waals surface area contributed by atoms with Crippen molar-refractivity contribution in [2.45, 2.75) is 437 Å². The Labute approximate surface area is 539 Å². The second-order valence-electron chi connectivity index (χ2n) is 28.4. The van der Waals surface area contributed by atoms with Crippen LogP contribution in [0.2, 0.25) is 0 Å². The van der Waals surface area contributed by atoms with Gasteiger partial charge in [-0.2, -0.15) is 0 Å². The van der Waals surface area contributed by atoms with Gasteiger partial charge in [0.05, 0.1) is 39.9 Å². The van der Waals surface area contributed by atoms with Crippen LogP contribution in [0.1, 0.15) is 425 Å². The van der Waals surface area contributed by atoms with Crippen molar-refractivity contribution in [2.24, 2.45) is 0 Å². The number of phosphoric acid groups is 1. The number of rotatable bonds is 74. The van der Waals surface area contributed by atoms with Gasteiger partial charge >= 0.3 is 7.82 Å². The number of nitrogens with zero attached hydrogens (tertiary/aromatic N) is 1. The monoisotopic (exact) mass is 1240 g/mol. The van der Waals surface area contributed by atoms with Crippen molar-refractivity contribution in [3.63, 3.8) is 0 Å². The lowest BCUT2D eigenvalue weighted by Gasteiger charge is -2.26. The molecule has 0 heterocycles. The highest BCUT2D eigenvalue weighted by Gasteiger charge is 2.28. The van der Waals surface area contributed by atoms with Crippen LogP contribution >= 0.6 is 7.82 Å². The number of allylic oxidation sites excluding steroid dienone is 2. The van der Waals surface area contributed by atoms with Gasteiger partial charge in [0, 0.05) is 6.42 Å². The Morgan fingerprint density at radius 1 is 0.384 bits per heavy atom. The van der Waals surface area contributed by atoms with Crippen LogP contribution in [-0.4, -0.2) is 73.4 Å². The van der Waals surface area contributed by atoms with E-state index in [1.807, 2.05) is 21.1 Å². The minimum absolute atomic E-state index is 0.0789. The molecule has 0 aliphatic carbocycles. The molecule has 0 aliphatic heterocycles. The molecule has 3 N–H and O–H groups in total. The number of hydrogen-bond acceptors (Lipinski definition) is 5. The number of unbranched alkanes of at least 4 members (excludes halogenated alkanes) is 59. The van der Waals surface area contributed by atoms with Gasteiger partial charge in [-0.3, -0.25) is 13.8 Å². The molecule has 0 fully saturated rings. The minimum atomic E-state index is -4.33. The Hall–Kier alpha value is -0.760. The zero-order valence-electron chi connectivity index (χ0n) is 59.1. The number of amides is 1. The molecule has 9 heteroatoms. The molecule has 0 aromatic rings. The Morgan fingerprint density at radius 2 is 0.628 bits per heavy atom. The Bertz CT molecular complexity index is 1410. The van der Waals surface area contributed by atoms with Crippen molar-refractivity contribution in [3.8, 4) is 0 Å². The molecule has 0 aromatic carbocycles. The second-order valence-corrected chi connectivity index (χ2v) is 29.9. The molecule has 0 aliphatic rings. The number of hydrogen-bond donors (Lipinski definition) is 3. The molecule has 0 saturated heterocycles. The fourth-order valence-electron chi connectivity index (χ4n) is 12.5. The fraction of sp³-hybridized carbons (Fsp3) is 0.961. The normalized spacial score (nSPS) is 13.5. The molecule has 3 unspecified atom stereocenters. The molecule has 0 radical (unpaired) electrons. The van der Waals surface area contributed by atoms with Crippen LogP contribution in [0.5, 0.6) is 0 Å². The quantitative estimate of drug-likeness (QED) is 0.0243. The smallest absolute Gasteiger partial charge is 0.391 e. The lowest BCUT2D eigenvalue weighted by Crippen LogP contribution is -2.46. The van der Waals surface area contributed by atoms with Gasteiger partial charge in [0.25, 0.3) is 0 Å². The van der Waals surface area contributed by atoms with Crippen LogP contribution < -0.4 is 5.32 Å². The first kappa shape index (κ1) is 85.2. The summed E-state index contributed by atoms with van der Waals surface area (Å²) in [5, 5.41) is 14.2. The number of carbonyl (C=O) groups is 1. The molecule has 0 bridgehead atoms. The highest BCUT2D eigenvalue weighted by molar-refractivity contribution is 7.47. The van der Waals surface area contributed by atoms with E-state index < -0.39 is 20.0 Å². The number of nitrogens with one attached hydrogen (secondary N) is 1. The van der Waals surface area contributed by atoms with Crippen molar-refractivity contribution in [1.29, 1.82) is 0 Å². The molecule has 1 amide bonds. The van der Waals surface area contributed by atoms with Crippen LogP contribution in [-0.2, 0) is 18.4 Å². The molecule has 3 atom stereocenters. The number of likely N-dealkylation sites (N-methyl/N-ethyl adjacent to an activating group) is 1. The van der Waals surface area contributed by atoms with Crippen molar-refractivity contribution < 1.29 is 32.9 Å². The van der Waals surface area contributed by atoms with E-state index in [0.29, 0.717) is 23.9 Å². The van der Waals surface area contributed by atoms with Crippen LogP contribution in [0.4, 0.5) is 0 Å². The summed E-state index contributed by atoms with van der Waals surface area (Å²) >= 11 is 0. The van der Waals surface area contributed by atoms with Crippen molar-refractivity contribution in [2.75, 3.05) is 40.9 Å². The fourth-order valence-corrected chi connectivity index (χ4v) is 13.2. The van der Waals surface area contributed by atoms with E-state index in [-0.39, 0.29) is 19.1 Å². The summed E-state index contributed by atoms with van der Waals surface area (Å²) in [6, 6.07) is -0.758. The van der Waals surface area contributed by atoms with Crippen molar-refractivity contribution in [1.82, 2.24) is 5.32 Å². The molecule has 8 nitrogen and oxygen atoms in total. The molecule has 0 rings (SSSR count). The topological polar surface area (TPSA) is 105 Å². The van der Waals surface area contributed by atoms with Gasteiger partial charge in [-0.1, -0.05) is 392 Å². The van der Waals surface area contributed by atoms with Crippen molar-refractivity contribution >= 4 is 13.7 Å². The predicted molar refractivity (Wildman–Crippen MR) is 379 cm³/mol. The van der Waals surface area contributed by atoms with E-state index in [4.69, 9.17) is 9.05 Å². The zero-order chi connectivity index (χ0) is 62.6. The Kier molecular flexibility index (Phi) is 68.0. The summed E-state index contributed by atoms with van der Waals surface area (Å²) in [7, 11) is 1.64. The van der Waals surface area contributed by atoms with Crippen LogP contribution in [0.15, 0.2) is 12.2 Å². The lowest BCUT2D eigenvalue weighted by atomic mass is 10.0. The van der Waals surface area contributed by atoms with Gasteiger partial charge in [-0.05, 0) is 38.5 Å². The minimum Gasteiger partial charge on any atom is -0.391 e. The van der Waals surface area contributed by atoms with Gasteiger partial charge in [0.1, 0.15) is 13.2 Å². The number of phosphoric ester groups is 1. The second kappa shape index (κ2) is 68.6. The van der Waals surface area contributed by atoms with E-state index in [1.165, 1.54) is 360 Å². The maximum atomic E-state index is 13.1. The average Bonchev–Trinajstić information content (AvgIpc) is 3.70. The third kappa shape index (κ3) is 70.7. The third-order valence-electron chi connectivity index (χ3n) is 18.5. The molecular weight excluding hydrogens is 1080 g/mol. The standard InChI is InChI=1S/C77H155N2O6P/c1-6-8-10-12-14-16-18-20-22-24-26-28-30-32-33-34-35-36-37-38-39-40-41-42-43-44-45-47-49-51-53-55-57-59-61-63-65-67-69-71-77(81)78-75(74-85-86(82,83)84-73-72-79(3,4)5)76(80)70-68-66-64-62-60-58-56-54-52-50-48-46-31-29-27-25-23-21-19-17-15-13-11-9-7-2/h24,26,75-76,80H,6-23,25,27-74H2,1-5H3,(H-,78,81,82,83)/p+1/b26-24-. The Morgan fingerprint density at radius 3 is 0.895 bits per heavy atom. The maximum absolute atomic E-state index is 13.1. The SMILES string of the molecule is CCCCCCCCCC/C=C\CCCCCCCCCCCCCCCCCCCCCCCCCCCCCC(=O)NC(COP(=O)(O)OCC[N+](C)(C)C)C(O)CCCCCCCCCCCCCCCCCCCCCCCCCCC. The maximum Gasteiger partial charge on any atom is 0.472 e. The van der Waals surface area contributed by atoms with Gasteiger partial charge in [-0.15, -0.1) is 0 Å². The van der Waals surface area contributed by atoms with Gasteiger partial charge in [0.2, 0.25) is 5.91 Å². The number of quaternary nitrogens is 1. The first-order chi connectivity index (χ1) is 42.0. The van der Waals surface area contributed by atoms with E-state index in [9.17, 15) is 19.4 Å².